The molecule has 0 saturated carbocycles. The third kappa shape index (κ3) is 2.68. The average molecular weight is 353 g/mol. The Balaban J connectivity index is 1.54. The third-order valence-electron chi connectivity index (χ3n) is 5.65. The zero-order chi connectivity index (χ0) is 18.1. The number of nitrogens with zero attached hydrogens (tertiary/aromatic N) is 4. The Morgan fingerprint density at radius 3 is 2.62 bits per heavy atom. The van der Waals surface area contributed by atoms with Crippen LogP contribution in [0.5, 0.6) is 0 Å². The highest BCUT2D eigenvalue weighted by atomic mass is 16.2. The lowest BCUT2D eigenvalue weighted by Crippen LogP contribution is -2.67. The highest BCUT2D eigenvalue weighted by molar-refractivity contribution is 5.98. The lowest BCUT2D eigenvalue weighted by atomic mass is 9.83. The minimum Gasteiger partial charge on any atom is -0.353 e. The number of aromatic nitrogens is 2. The summed E-state index contributed by atoms with van der Waals surface area (Å²) < 4.78 is 1.71. The summed E-state index contributed by atoms with van der Waals surface area (Å²) in [4.78, 5) is 29.6. The quantitative estimate of drug-likeness (QED) is 0.871. The monoisotopic (exact) mass is 353 g/mol. The van der Waals surface area contributed by atoms with Gasteiger partial charge in [-0.2, -0.15) is 5.10 Å². The summed E-state index contributed by atoms with van der Waals surface area (Å²) in [5.74, 6) is 0.0834. The number of amides is 2. The van der Waals surface area contributed by atoms with E-state index in [1.54, 1.807) is 10.9 Å². The normalized spacial score (nSPS) is 20.2. The van der Waals surface area contributed by atoms with Gasteiger partial charge in [0.15, 0.2) is 0 Å². The summed E-state index contributed by atoms with van der Waals surface area (Å²) >= 11 is 0. The van der Waals surface area contributed by atoms with Crippen molar-refractivity contribution in [3.05, 3.63) is 48.3 Å². The SMILES string of the molecule is CN1CCNC(=O)C12CCN(C(=O)c1ccccc1-n1cccn1)CC2. The molecule has 1 aromatic heterocycles. The van der Waals surface area contributed by atoms with Crippen LogP contribution in [0.3, 0.4) is 0 Å². The predicted octanol–water partition coefficient (Wildman–Crippen LogP) is 0.909. The largest absolute Gasteiger partial charge is 0.353 e. The summed E-state index contributed by atoms with van der Waals surface area (Å²) in [5.41, 5.74) is 0.931. The summed E-state index contributed by atoms with van der Waals surface area (Å²) in [5, 5.41) is 7.23. The van der Waals surface area contributed by atoms with Gasteiger partial charge in [0, 0.05) is 38.6 Å². The van der Waals surface area contributed by atoms with E-state index in [-0.39, 0.29) is 11.8 Å². The average Bonchev–Trinajstić information content (AvgIpc) is 3.21. The number of likely N-dealkylation sites (N-methyl/N-ethyl adjacent to an activating group) is 1. The first-order valence-electron chi connectivity index (χ1n) is 9.00. The number of likely N-dealkylation sites (tertiary alicyclic amines) is 1. The number of benzene rings is 1. The predicted molar refractivity (Wildman–Crippen MR) is 97.1 cm³/mol. The molecule has 136 valence electrons. The van der Waals surface area contributed by atoms with Crippen molar-refractivity contribution in [1.29, 1.82) is 0 Å². The van der Waals surface area contributed by atoms with Crippen LogP contribution in [0.15, 0.2) is 42.7 Å². The number of rotatable bonds is 2. The Morgan fingerprint density at radius 1 is 1.15 bits per heavy atom. The molecule has 2 amide bonds. The van der Waals surface area contributed by atoms with Crippen molar-refractivity contribution in [3.63, 3.8) is 0 Å². The number of nitrogens with one attached hydrogen (secondary N) is 1. The summed E-state index contributed by atoms with van der Waals surface area (Å²) in [6.07, 6.45) is 4.85. The van der Waals surface area contributed by atoms with E-state index >= 15 is 0 Å². The van der Waals surface area contributed by atoms with Crippen molar-refractivity contribution < 1.29 is 9.59 Å². The van der Waals surface area contributed by atoms with Crippen molar-refractivity contribution in [3.8, 4) is 5.69 Å². The number of piperidine rings is 1. The van der Waals surface area contributed by atoms with Gasteiger partial charge >= 0.3 is 0 Å². The van der Waals surface area contributed by atoms with Gasteiger partial charge in [-0.1, -0.05) is 12.1 Å². The third-order valence-corrected chi connectivity index (χ3v) is 5.65. The molecule has 26 heavy (non-hydrogen) atoms. The number of hydrogen-bond donors (Lipinski definition) is 1. The Labute approximate surface area is 152 Å². The number of para-hydroxylation sites is 1. The second-order valence-corrected chi connectivity index (χ2v) is 6.97. The lowest BCUT2D eigenvalue weighted by molar-refractivity contribution is -0.139. The zero-order valence-electron chi connectivity index (χ0n) is 14.9. The van der Waals surface area contributed by atoms with Crippen LogP contribution < -0.4 is 5.32 Å². The van der Waals surface area contributed by atoms with E-state index < -0.39 is 5.54 Å². The Hall–Kier alpha value is -2.67. The van der Waals surface area contributed by atoms with E-state index in [4.69, 9.17) is 0 Å². The molecule has 0 unspecified atom stereocenters. The first-order valence-corrected chi connectivity index (χ1v) is 9.00. The first kappa shape index (κ1) is 16.8. The molecule has 7 heteroatoms. The minimum absolute atomic E-state index is 0.00943. The maximum absolute atomic E-state index is 13.1. The van der Waals surface area contributed by atoms with Crippen molar-refractivity contribution in [2.75, 3.05) is 33.2 Å². The summed E-state index contributed by atoms with van der Waals surface area (Å²) in [6, 6.07) is 9.34. The molecule has 0 atom stereocenters. The van der Waals surface area contributed by atoms with Crippen LogP contribution in [-0.2, 0) is 4.79 Å². The van der Waals surface area contributed by atoms with Crippen molar-refractivity contribution in [2.24, 2.45) is 0 Å². The molecule has 2 aliphatic rings. The van der Waals surface area contributed by atoms with Gasteiger partial charge in [-0.05, 0) is 38.1 Å². The Bertz CT molecular complexity index is 809. The second kappa shape index (κ2) is 6.57. The van der Waals surface area contributed by atoms with Crippen LogP contribution in [0.1, 0.15) is 23.2 Å². The molecule has 4 rings (SSSR count). The molecule has 2 aliphatic heterocycles. The maximum atomic E-state index is 13.1. The van der Waals surface area contributed by atoms with Gasteiger partial charge in [-0.15, -0.1) is 0 Å². The van der Waals surface area contributed by atoms with Crippen molar-refractivity contribution in [1.82, 2.24) is 24.9 Å². The number of carbonyl (C=O) groups is 2. The van der Waals surface area contributed by atoms with Crippen molar-refractivity contribution in [2.45, 2.75) is 18.4 Å². The van der Waals surface area contributed by atoms with Gasteiger partial charge in [-0.25, -0.2) is 4.68 Å². The van der Waals surface area contributed by atoms with Gasteiger partial charge in [-0.3, -0.25) is 14.5 Å². The van der Waals surface area contributed by atoms with Crippen LogP contribution in [0.4, 0.5) is 0 Å². The van der Waals surface area contributed by atoms with E-state index in [2.05, 4.69) is 15.3 Å². The Kier molecular flexibility index (Phi) is 4.24. The summed E-state index contributed by atoms with van der Waals surface area (Å²) in [7, 11) is 2.00. The molecule has 0 radical (unpaired) electrons. The molecule has 1 N–H and O–H groups in total. The van der Waals surface area contributed by atoms with Crippen LogP contribution in [0, 0.1) is 0 Å². The lowest BCUT2D eigenvalue weighted by Gasteiger charge is -2.48. The summed E-state index contributed by atoms with van der Waals surface area (Å²) in [6.45, 7) is 2.69. The standard InChI is InChI=1S/C19H23N5O2/c1-22-14-10-20-18(26)19(22)7-12-23(13-8-19)17(25)15-5-2-3-6-16(15)24-11-4-9-21-24/h2-6,9,11H,7-8,10,12-14H2,1H3,(H,20,26). The second-order valence-electron chi connectivity index (χ2n) is 6.97. The van der Waals surface area contributed by atoms with Gasteiger partial charge in [0.05, 0.1) is 11.3 Å². The first-order chi connectivity index (χ1) is 12.6. The smallest absolute Gasteiger partial charge is 0.256 e. The molecule has 2 aromatic rings. The molecule has 2 saturated heterocycles. The van der Waals surface area contributed by atoms with Gasteiger partial charge in [0.1, 0.15) is 5.54 Å². The number of hydrogen-bond acceptors (Lipinski definition) is 4. The van der Waals surface area contributed by atoms with E-state index in [9.17, 15) is 9.59 Å². The van der Waals surface area contributed by atoms with Crippen molar-refractivity contribution >= 4 is 11.8 Å². The van der Waals surface area contributed by atoms with E-state index in [0.29, 0.717) is 38.0 Å². The fourth-order valence-corrected chi connectivity index (χ4v) is 4.01. The highest BCUT2D eigenvalue weighted by Crippen LogP contribution is 2.31. The molecular weight excluding hydrogens is 330 g/mol. The molecule has 0 bridgehead atoms. The van der Waals surface area contributed by atoms with Gasteiger partial charge < -0.3 is 10.2 Å². The molecule has 3 heterocycles. The molecule has 2 fully saturated rings. The van der Waals surface area contributed by atoms with E-state index in [0.717, 1.165) is 12.2 Å². The van der Waals surface area contributed by atoms with Gasteiger partial charge in [0.25, 0.3) is 5.91 Å². The molecule has 7 nitrogen and oxygen atoms in total. The van der Waals surface area contributed by atoms with E-state index in [1.807, 2.05) is 48.5 Å². The number of piperazine rings is 1. The molecule has 1 spiro atoms. The topological polar surface area (TPSA) is 70.5 Å². The fraction of sp³-hybridized carbons (Fsp3) is 0.421. The fourth-order valence-electron chi connectivity index (χ4n) is 4.01. The highest BCUT2D eigenvalue weighted by Gasteiger charge is 2.47. The Morgan fingerprint density at radius 2 is 1.92 bits per heavy atom. The minimum atomic E-state index is -0.476. The van der Waals surface area contributed by atoms with Crippen LogP contribution in [0.25, 0.3) is 5.69 Å². The molecular formula is C19H23N5O2. The van der Waals surface area contributed by atoms with Gasteiger partial charge in [0.2, 0.25) is 5.91 Å². The van der Waals surface area contributed by atoms with E-state index in [1.165, 1.54) is 0 Å². The van der Waals surface area contributed by atoms with Crippen LogP contribution in [0.2, 0.25) is 0 Å². The maximum Gasteiger partial charge on any atom is 0.256 e. The number of carbonyl (C=O) groups excluding carboxylic acids is 2. The van der Waals surface area contributed by atoms with Crippen LogP contribution in [-0.4, -0.2) is 70.2 Å². The van der Waals surface area contributed by atoms with Crippen LogP contribution >= 0.6 is 0 Å². The zero-order valence-corrected chi connectivity index (χ0v) is 14.9. The molecule has 1 aromatic carbocycles. The molecule has 0 aliphatic carbocycles.